The molecule has 5 aromatic carbocycles. The molecule has 1 nitrogen and oxygen atoms in total. The summed E-state index contributed by atoms with van der Waals surface area (Å²) in [5.41, 5.74) is 8.78. The lowest BCUT2D eigenvalue weighted by molar-refractivity contribution is 0.915. The van der Waals surface area contributed by atoms with Crippen LogP contribution >= 0.6 is 9.39 Å². The van der Waals surface area contributed by atoms with Crippen molar-refractivity contribution in [2.45, 2.75) is 6.04 Å². The minimum Gasteiger partial charge on any atom is -0.344 e. The molecule has 0 amide bonds. The largest absolute Gasteiger partial charge is 0.344 e. The van der Waals surface area contributed by atoms with Crippen molar-refractivity contribution in [1.29, 1.82) is 0 Å². The average molecular weight is 442 g/mol. The van der Waals surface area contributed by atoms with Crippen LogP contribution in [0.4, 0.5) is 5.69 Å². The van der Waals surface area contributed by atoms with E-state index in [9.17, 15) is 0 Å². The molecule has 0 spiro atoms. The number of hydrogen-bond acceptors (Lipinski definition) is 1. The van der Waals surface area contributed by atoms with E-state index in [1.807, 2.05) is 0 Å². The second-order valence-corrected chi connectivity index (χ2v) is 8.99. The van der Waals surface area contributed by atoms with Gasteiger partial charge in [0.15, 0.2) is 0 Å². The Labute approximate surface area is 197 Å². The van der Waals surface area contributed by atoms with Gasteiger partial charge in [-0.1, -0.05) is 127 Å². The fourth-order valence-electron chi connectivity index (χ4n) is 4.96. The molecule has 33 heavy (non-hydrogen) atoms. The van der Waals surface area contributed by atoms with Gasteiger partial charge in [-0.3, -0.25) is 0 Å². The van der Waals surface area contributed by atoms with Crippen LogP contribution in [0, 0.1) is 0 Å². The van der Waals surface area contributed by atoms with Gasteiger partial charge in [-0.15, -0.1) is 0 Å². The smallest absolute Gasteiger partial charge is 0.0766 e. The molecule has 158 valence electrons. The Morgan fingerprint density at radius 3 is 1.94 bits per heavy atom. The van der Waals surface area contributed by atoms with E-state index >= 15 is 0 Å². The van der Waals surface area contributed by atoms with Crippen molar-refractivity contribution in [3.05, 3.63) is 132 Å². The van der Waals surface area contributed by atoms with E-state index in [1.54, 1.807) is 0 Å². The molecule has 6 rings (SSSR count). The highest BCUT2D eigenvalue weighted by molar-refractivity contribution is 7.19. The minimum absolute atomic E-state index is 0.127. The molecule has 0 radical (unpaired) electrons. The second-order valence-electron chi connectivity index (χ2n) is 8.43. The maximum Gasteiger partial charge on any atom is 0.0766 e. The van der Waals surface area contributed by atoms with Crippen LogP contribution in [0.25, 0.3) is 39.1 Å². The molecule has 1 aliphatic heterocycles. The Bertz CT molecular complexity index is 1470. The molecule has 0 saturated carbocycles. The highest BCUT2D eigenvalue weighted by Crippen LogP contribution is 2.48. The Hall–Kier alpha value is -3.67. The number of nitrogens with zero attached hydrogens (tertiary/aromatic N) is 1. The number of fused-ring (bicyclic) bond motifs is 2. The quantitative estimate of drug-likeness (QED) is 0.254. The Kier molecular flexibility index (Phi) is 5.06. The van der Waals surface area contributed by atoms with E-state index in [0.29, 0.717) is 0 Å². The summed E-state index contributed by atoms with van der Waals surface area (Å²) >= 11 is 0. The van der Waals surface area contributed by atoms with E-state index in [-0.39, 0.29) is 6.04 Å². The zero-order chi connectivity index (χ0) is 22.2. The first-order valence-corrected chi connectivity index (χ1v) is 11.8. The lowest BCUT2D eigenvalue weighted by atomic mass is 9.88. The summed E-state index contributed by atoms with van der Waals surface area (Å²) in [7, 11) is 3.02. The van der Waals surface area contributed by atoms with E-state index < -0.39 is 0 Å². The van der Waals surface area contributed by atoms with Crippen LogP contribution in [0.15, 0.2) is 121 Å². The SMILES string of the molecule is PN1c2c(-c3ccccc3)ccc(-c3ccccc3)c2C=CC1c1cccc2ccccc12. The number of anilines is 1. The van der Waals surface area contributed by atoms with E-state index in [1.165, 1.54) is 49.8 Å². The van der Waals surface area contributed by atoms with Crippen LogP contribution in [0.5, 0.6) is 0 Å². The minimum atomic E-state index is 0.127. The van der Waals surface area contributed by atoms with E-state index in [4.69, 9.17) is 0 Å². The molecular formula is C31H24NP. The molecule has 1 aliphatic rings. The molecule has 1 heterocycles. The highest BCUT2D eigenvalue weighted by Gasteiger charge is 2.27. The summed E-state index contributed by atoms with van der Waals surface area (Å²) in [6.45, 7) is 0. The third-order valence-electron chi connectivity index (χ3n) is 6.53. The number of hydrogen-bond donors (Lipinski definition) is 0. The summed E-state index contributed by atoms with van der Waals surface area (Å²) in [6, 6.07) is 41.3. The first-order valence-electron chi connectivity index (χ1n) is 11.3. The van der Waals surface area contributed by atoms with Crippen molar-refractivity contribution in [1.82, 2.24) is 0 Å². The fraction of sp³-hybridized carbons (Fsp3) is 0.0323. The van der Waals surface area contributed by atoms with Crippen molar-refractivity contribution >= 4 is 31.9 Å². The van der Waals surface area contributed by atoms with Crippen molar-refractivity contribution in [3.63, 3.8) is 0 Å². The van der Waals surface area contributed by atoms with Gasteiger partial charge >= 0.3 is 0 Å². The summed E-state index contributed by atoms with van der Waals surface area (Å²) in [5.74, 6) is 0. The molecular weight excluding hydrogens is 417 g/mol. The molecule has 0 fully saturated rings. The molecule has 0 N–H and O–H groups in total. The third kappa shape index (κ3) is 3.46. The van der Waals surface area contributed by atoms with Crippen LogP contribution in [0.1, 0.15) is 17.2 Å². The topological polar surface area (TPSA) is 3.24 Å². The zero-order valence-corrected chi connectivity index (χ0v) is 19.4. The predicted molar refractivity (Wildman–Crippen MR) is 145 cm³/mol. The summed E-state index contributed by atoms with van der Waals surface area (Å²) in [4.78, 5) is 0. The van der Waals surface area contributed by atoms with Gasteiger partial charge in [-0.2, -0.15) is 0 Å². The van der Waals surface area contributed by atoms with Gasteiger partial charge in [0.05, 0.1) is 11.7 Å². The monoisotopic (exact) mass is 441 g/mol. The summed E-state index contributed by atoms with van der Waals surface area (Å²) in [5, 5.41) is 2.57. The Morgan fingerprint density at radius 1 is 0.576 bits per heavy atom. The van der Waals surface area contributed by atoms with Gasteiger partial charge in [0.25, 0.3) is 0 Å². The van der Waals surface area contributed by atoms with Crippen LogP contribution in [0.2, 0.25) is 0 Å². The molecule has 0 bridgehead atoms. The normalized spacial score (nSPS) is 14.9. The van der Waals surface area contributed by atoms with Gasteiger partial charge in [0.2, 0.25) is 0 Å². The third-order valence-corrected chi connectivity index (χ3v) is 7.11. The molecule has 0 saturated heterocycles. The van der Waals surface area contributed by atoms with Crippen molar-refractivity contribution < 1.29 is 0 Å². The first-order chi connectivity index (χ1) is 16.3. The molecule has 5 aromatic rings. The summed E-state index contributed by atoms with van der Waals surface area (Å²) in [6.07, 6.45) is 4.65. The van der Waals surface area contributed by atoms with Crippen molar-refractivity contribution in [2.75, 3.05) is 4.67 Å². The molecule has 2 heteroatoms. The van der Waals surface area contributed by atoms with E-state index in [0.717, 1.165) is 0 Å². The fourth-order valence-corrected chi connectivity index (χ4v) is 5.49. The van der Waals surface area contributed by atoms with Crippen LogP contribution in [0.3, 0.4) is 0 Å². The van der Waals surface area contributed by atoms with Gasteiger partial charge in [0, 0.05) is 11.1 Å². The average Bonchev–Trinajstić information content (AvgIpc) is 2.89. The standard InChI is InChI=1S/C31H24NP/c33-32-30(28-17-9-15-23-14-7-8-16-25(23)28)21-20-29-26(22-10-3-1-4-11-22)18-19-27(31(29)32)24-12-5-2-6-13-24/h1-21,30H,33H2. The summed E-state index contributed by atoms with van der Waals surface area (Å²) < 4.78 is 2.37. The Morgan fingerprint density at radius 2 is 1.18 bits per heavy atom. The molecule has 0 aliphatic carbocycles. The predicted octanol–water partition coefficient (Wildman–Crippen LogP) is 8.54. The van der Waals surface area contributed by atoms with Crippen LogP contribution in [-0.2, 0) is 0 Å². The maximum absolute atomic E-state index is 3.02. The van der Waals surface area contributed by atoms with Gasteiger partial charge < -0.3 is 4.67 Å². The second kappa shape index (κ2) is 8.35. The lowest BCUT2D eigenvalue weighted by Gasteiger charge is -2.36. The van der Waals surface area contributed by atoms with Gasteiger partial charge in [-0.25, -0.2) is 0 Å². The molecule has 0 aromatic heterocycles. The molecule has 2 atom stereocenters. The number of rotatable bonds is 3. The Balaban J connectivity index is 1.58. The van der Waals surface area contributed by atoms with Gasteiger partial charge in [-0.05, 0) is 42.4 Å². The number of benzene rings is 5. The van der Waals surface area contributed by atoms with E-state index in [2.05, 4.69) is 141 Å². The van der Waals surface area contributed by atoms with Crippen LogP contribution < -0.4 is 4.67 Å². The zero-order valence-electron chi connectivity index (χ0n) is 18.2. The highest BCUT2D eigenvalue weighted by atomic mass is 31.0. The van der Waals surface area contributed by atoms with Gasteiger partial charge in [0.1, 0.15) is 0 Å². The lowest BCUT2D eigenvalue weighted by Crippen LogP contribution is -2.21. The molecule has 2 unspecified atom stereocenters. The maximum atomic E-state index is 3.02. The first kappa shape index (κ1) is 20.0. The van der Waals surface area contributed by atoms with Crippen LogP contribution in [-0.4, -0.2) is 0 Å². The van der Waals surface area contributed by atoms with Crippen molar-refractivity contribution in [3.8, 4) is 22.3 Å². The van der Waals surface area contributed by atoms with Crippen molar-refractivity contribution in [2.24, 2.45) is 0 Å².